The number of aromatic carboxylic acids is 1. The van der Waals surface area contributed by atoms with Crippen molar-refractivity contribution in [3.05, 3.63) is 58.5 Å². The first-order valence-corrected chi connectivity index (χ1v) is 8.46. The molecule has 0 aliphatic rings. The quantitative estimate of drug-likeness (QED) is 0.747. The first kappa shape index (κ1) is 16.9. The van der Waals surface area contributed by atoms with Gasteiger partial charge in [0.15, 0.2) is 0 Å². The van der Waals surface area contributed by atoms with Crippen LogP contribution in [0.4, 0.5) is 5.00 Å². The standard InChI is InChI=1S/C18H17N3O3S/c1-10-4-5-12(11(2)6-10)13-8-25-17(15(13)18(23)24)20-16(22)14-7-21(3)9-19-14/h4-9H,1-3H3,(H,20,22)(H,23,24). The van der Waals surface area contributed by atoms with Crippen LogP contribution in [-0.4, -0.2) is 26.5 Å². The highest BCUT2D eigenvalue weighted by Gasteiger charge is 2.22. The number of hydrogen-bond donors (Lipinski definition) is 2. The highest BCUT2D eigenvalue weighted by molar-refractivity contribution is 7.15. The molecule has 0 spiro atoms. The van der Waals surface area contributed by atoms with Crippen LogP contribution in [0.1, 0.15) is 32.0 Å². The van der Waals surface area contributed by atoms with Crippen molar-refractivity contribution < 1.29 is 14.7 Å². The summed E-state index contributed by atoms with van der Waals surface area (Å²) in [6.45, 7) is 3.93. The van der Waals surface area contributed by atoms with Gasteiger partial charge in [-0.3, -0.25) is 4.79 Å². The van der Waals surface area contributed by atoms with Crippen LogP contribution in [0.25, 0.3) is 11.1 Å². The van der Waals surface area contributed by atoms with E-state index in [1.54, 1.807) is 23.2 Å². The molecule has 3 rings (SSSR count). The molecular weight excluding hydrogens is 338 g/mol. The zero-order valence-corrected chi connectivity index (χ0v) is 14.8. The number of thiophene rings is 1. The first-order valence-electron chi connectivity index (χ1n) is 7.58. The third-order valence-corrected chi connectivity index (χ3v) is 4.74. The van der Waals surface area contributed by atoms with E-state index in [-0.39, 0.29) is 11.3 Å². The summed E-state index contributed by atoms with van der Waals surface area (Å²) >= 11 is 1.19. The number of carboxylic acid groups (broad SMARTS) is 1. The van der Waals surface area contributed by atoms with Gasteiger partial charge in [-0.2, -0.15) is 0 Å². The molecule has 0 aliphatic carbocycles. The molecule has 1 amide bonds. The summed E-state index contributed by atoms with van der Waals surface area (Å²) in [6.07, 6.45) is 3.09. The molecule has 0 fully saturated rings. The Labute approximate surface area is 148 Å². The second-order valence-corrected chi connectivity index (χ2v) is 6.74. The summed E-state index contributed by atoms with van der Waals surface area (Å²) in [5.41, 5.74) is 3.88. The first-order chi connectivity index (χ1) is 11.9. The lowest BCUT2D eigenvalue weighted by molar-refractivity contribution is 0.0699. The van der Waals surface area contributed by atoms with Crippen LogP contribution in [-0.2, 0) is 7.05 Å². The van der Waals surface area contributed by atoms with Crippen LogP contribution >= 0.6 is 11.3 Å². The predicted octanol–water partition coefficient (Wildman–Crippen LogP) is 3.72. The van der Waals surface area contributed by atoms with Gasteiger partial charge in [-0.25, -0.2) is 9.78 Å². The monoisotopic (exact) mass is 355 g/mol. The van der Waals surface area contributed by atoms with E-state index >= 15 is 0 Å². The largest absolute Gasteiger partial charge is 0.478 e. The Morgan fingerprint density at radius 3 is 2.60 bits per heavy atom. The number of anilines is 1. The van der Waals surface area contributed by atoms with Crippen molar-refractivity contribution in [3.8, 4) is 11.1 Å². The Bertz CT molecular complexity index is 972. The van der Waals surface area contributed by atoms with Crippen molar-refractivity contribution in [2.75, 3.05) is 5.32 Å². The van der Waals surface area contributed by atoms with Crippen molar-refractivity contribution in [2.24, 2.45) is 7.05 Å². The number of hydrogen-bond acceptors (Lipinski definition) is 4. The predicted molar refractivity (Wildman–Crippen MR) is 97.3 cm³/mol. The van der Waals surface area contributed by atoms with E-state index in [1.165, 1.54) is 17.7 Å². The number of amides is 1. The maximum Gasteiger partial charge on any atom is 0.339 e. The van der Waals surface area contributed by atoms with Crippen LogP contribution in [0.5, 0.6) is 0 Å². The lowest BCUT2D eigenvalue weighted by atomic mass is 9.98. The zero-order chi connectivity index (χ0) is 18.1. The summed E-state index contributed by atoms with van der Waals surface area (Å²) in [4.78, 5) is 28.1. The van der Waals surface area contributed by atoms with E-state index in [2.05, 4.69) is 10.3 Å². The smallest absolute Gasteiger partial charge is 0.339 e. The minimum absolute atomic E-state index is 0.0984. The maximum atomic E-state index is 12.3. The summed E-state index contributed by atoms with van der Waals surface area (Å²) in [5.74, 6) is -1.51. The Kier molecular flexibility index (Phi) is 4.41. The van der Waals surface area contributed by atoms with Crippen molar-refractivity contribution in [3.63, 3.8) is 0 Å². The molecule has 0 bridgehead atoms. The number of benzene rings is 1. The summed E-state index contributed by atoms with van der Waals surface area (Å²) < 4.78 is 1.66. The van der Waals surface area contributed by atoms with E-state index in [9.17, 15) is 14.7 Å². The minimum Gasteiger partial charge on any atom is -0.478 e. The molecule has 0 unspecified atom stereocenters. The van der Waals surface area contributed by atoms with Crippen molar-refractivity contribution in [2.45, 2.75) is 13.8 Å². The molecule has 2 N–H and O–H groups in total. The average molecular weight is 355 g/mol. The van der Waals surface area contributed by atoms with Gasteiger partial charge < -0.3 is 15.0 Å². The minimum atomic E-state index is -1.08. The highest BCUT2D eigenvalue weighted by Crippen LogP contribution is 2.37. The topological polar surface area (TPSA) is 84.2 Å². The number of rotatable bonds is 4. The SMILES string of the molecule is Cc1ccc(-c2csc(NC(=O)c3cn(C)cn3)c2C(=O)O)c(C)c1. The second-order valence-electron chi connectivity index (χ2n) is 5.86. The van der Waals surface area contributed by atoms with E-state index in [1.807, 2.05) is 32.0 Å². The molecule has 2 aromatic heterocycles. The lowest BCUT2D eigenvalue weighted by Gasteiger charge is -2.08. The van der Waals surface area contributed by atoms with Crippen molar-refractivity contribution >= 4 is 28.2 Å². The molecule has 7 heteroatoms. The van der Waals surface area contributed by atoms with Gasteiger partial charge in [0, 0.05) is 24.2 Å². The maximum absolute atomic E-state index is 12.3. The van der Waals surface area contributed by atoms with Crippen LogP contribution in [0.3, 0.4) is 0 Å². The number of carbonyl (C=O) groups excluding carboxylic acids is 1. The molecule has 128 valence electrons. The fraction of sp³-hybridized carbons (Fsp3) is 0.167. The molecule has 3 aromatic rings. The van der Waals surface area contributed by atoms with Gasteiger partial charge in [-0.1, -0.05) is 23.8 Å². The Morgan fingerprint density at radius 2 is 2.00 bits per heavy atom. The molecule has 0 saturated heterocycles. The molecule has 0 saturated carbocycles. The lowest BCUT2D eigenvalue weighted by Crippen LogP contribution is -2.14. The van der Waals surface area contributed by atoms with Crippen LogP contribution in [0, 0.1) is 13.8 Å². The van der Waals surface area contributed by atoms with E-state index in [0.29, 0.717) is 10.6 Å². The Balaban J connectivity index is 2.00. The molecule has 0 radical (unpaired) electrons. The zero-order valence-electron chi connectivity index (χ0n) is 14.0. The molecule has 6 nitrogen and oxygen atoms in total. The number of carbonyl (C=O) groups is 2. The fourth-order valence-electron chi connectivity index (χ4n) is 2.67. The number of aryl methyl sites for hydroxylation is 3. The highest BCUT2D eigenvalue weighted by atomic mass is 32.1. The number of aromatic nitrogens is 2. The Hall–Kier alpha value is -2.93. The van der Waals surface area contributed by atoms with Crippen LogP contribution < -0.4 is 5.32 Å². The fourth-order valence-corrected chi connectivity index (χ4v) is 3.62. The molecule has 25 heavy (non-hydrogen) atoms. The van der Waals surface area contributed by atoms with Crippen LogP contribution in [0.2, 0.25) is 0 Å². The third kappa shape index (κ3) is 3.32. The average Bonchev–Trinajstić information content (AvgIpc) is 3.14. The molecular formula is C18H17N3O3S. The van der Waals surface area contributed by atoms with Gasteiger partial charge in [0.25, 0.3) is 5.91 Å². The van der Waals surface area contributed by atoms with Crippen molar-refractivity contribution in [1.29, 1.82) is 0 Å². The van der Waals surface area contributed by atoms with Gasteiger partial charge >= 0.3 is 5.97 Å². The molecule has 1 aromatic carbocycles. The van der Waals surface area contributed by atoms with Crippen molar-refractivity contribution in [1.82, 2.24) is 9.55 Å². The normalized spacial score (nSPS) is 10.7. The summed E-state index contributed by atoms with van der Waals surface area (Å²) in [5, 5.41) is 14.4. The Morgan fingerprint density at radius 1 is 1.24 bits per heavy atom. The molecule has 0 atom stereocenters. The number of nitrogens with one attached hydrogen (secondary N) is 1. The van der Waals surface area contributed by atoms with Gasteiger partial charge in [-0.05, 0) is 25.0 Å². The summed E-state index contributed by atoms with van der Waals surface area (Å²) in [6, 6.07) is 5.85. The number of nitrogens with zero attached hydrogens (tertiary/aromatic N) is 2. The second kappa shape index (κ2) is 6.52. The van der Waals surface area contributed by atoms with Gasteiger partial charge in [0.2, 0.25) is 0 Å². The molecule has 0 aliphatic heterocycles. The number of imidazole rings is 1. The van der Waals surface area contributed by atoms with E-state index < -0.39 is 11.9 Å². The van der Waals surface area contributed by atoms with Crippen LogP contribution in [0.15, 0.2) is 36.1 Å². The van der Waals surface area contributed by atoms with Gasteiger partial charge in [0.05, 0.1) is 6.33 Å². The third-order valence-electron chi connectivity index (χ3n) is 3.84. The van der Waals surface area contributed by atoms with Gasteiger partial charge in [0.1, 0.15) is 16.3 Å². The summed E-state index contributed by atoms with van der Waals surface area (Å²) in [7, 11) is 1.76. The van der Waals surface area contributed by atoms with E-state index in [0.717, 1.165) is 16.7 Å². The molecule has 2 heterocycles. The number of carboxylic acids is 1. The van der Waals surface area contributed by atoms with Gasteiger partial charge in [-0.15, -0.1) is 11.3 Å². The van der Waals surface area contributed by atoms with E-state index in [4.69, 9.17) is 0 Å².